The van der Waals surface area contributed by atoms with Crippen LogP contribution in [0, 0.1) is 13.8 Å². The van der Waals surface area contributed by atoms with E-state index in [-0.39, 0.29) is 17.4 Å². The van der Waals surface area contributed by atoms with Gasteiger partial charge in [0.25, 0.3) is 5.56 Å². The molecule has 0 bridgehead atoms. The lowest BCUT2D eigenvalue weighted by molar-refractivity contribution is 0.429. The second-order valence-corrected chi connectivity index (χ2v) is 7.73. The second kappa shape index (κ2) is 7.63. The highest BCUT2D eigenvalue weighted by Gasteiger charge is 2.17. The van der Waals surface area contributed by atoms with Gasteiger partial charge in [0.05, 0.1) is 12.1 Å². The predicted molar refractivity (Wildman–Crippen MR) is 115 cm³/mol. The van der Waals surface area contributed by atoms with Crippen LogP contribution in [0.3, 0.4) is 0 Å². The van der Waals surface area contributed by atoms with Crippen LogP contribution in [0.15, 0.2) is 68.0 Å². The molecule has 0 unspecified atom stereocenters. The number of aromatic nitrogens is 3. The van der Waals surface area contributed by atoms with E-state index >= 15 is 0 Å². The number of halogens is 1. The Morgan fingerprint density at radius 3 is 2.59 bits per heavy atom. The summed E-state index contributed by atoms with van der Waals surface area (Å²) in [7, 11) is 0. The van der Waals surface area contributed by atoms with Crippen LogP contribution in [0.5, 0.6) is 5.88 Å². The van der Waals surface area contributed by atoms with E-state index in [0.29, 0.717) is 17.9 Å². The molecule has 0 fully saturated rings. The molecule has 2 N–H and O–H groups in total. The van der Waals surface area contributed by atoms with E-state index in [1.54, 1.807) is 11.5 Å². The maximum atomic E-state index is 11.6. The van der Waals surface area contributed by atoms with Crippen LogP contribution in [0.1, 0.15) is 16.8 Å². The zero-order valence-electron chi connectivity index (χ0n) is 15.8. The molecule has 0 aliphatic carbocycles. The summed E-state index contributed by atoms with van der Waals surface area (Å²) < 4.78 is 2.64. The van der Waals surface area contributed by atoms with Crippen molar-refractivity contribution >= 4 is 38.5 Å². The molecule has 29 heavy (non-hydrogen) atoms. The van der Waals surface area contributed by atoms with Crippen molar-refractivity contribution in [3.05, 3.63) is 80.2 Å². The van der Waals surface area contributed by atoms with Crippen LogP contribution < -0.4 is 5.56 Å². The van der Waals surface area contributed by atoms with E-state index in [2.05, 4.69) is 36.1 Å². The summed E-state index contributed by atoms with van der Waals surface area (Å²) in [5, 5.41) is 19.9. The summed E-state index contributed by atoms with van der Waals surface area (Å²) in [5.41, 5.74) is 3.60. The number of aryl methyl sites for hydroxylation is 2. The average Bonchev–Trinajstić information content (AvgIpc) is 2.92. The average molecular weight is 452 g/mol. The smallest absolute Gasteiger partial charge is 0.252 e. The number of benzene rings is 2. The largest absolute Gasteiger partial charge is 0.493 e. The normalized spacial score (nSPS) is 11.6. The highest BCUT2D eigenvalue weighted by molar-refractivity contribution is 9.10. The minimum Gasteiger partial charge on any atom is -0.493 e. The van der Waals surface area contributed by atoms with E-state index < -0.39 is 0 Å². The standard InChI is InChI=1S/C21H18BrN5O2/c1-12-3-5-14(6-4-12)11-27-17-8-7-15(22)10-16(17)19(20(27)29)25-26-21-23-13(2)9-18(28)24-21/h3-10,29H,11H2,1-2H3,(H,23,24,28). The van der Waals surface area contributed by atoms with Gasteiger partial charge in [-0.2, -0.15) is 0 Å². The van der Waals surface area contributed by atoms with Crippen LogP contribution >= 0.6 is 15.9 Å². The molecule has 4 rings (SSSR count). The fraction of sp³-hybridized carbons (Fsp3) is 0.143. The van der Waals surface area contributed by atoms with Crippen molar-refractivity contribution in [3.63, 3.8) is 0 Å². The molecule has 2 aromatic carbocycles. The number of fused-ring (bicyclic) bond motifs is 1. The number of aromatic hydroxyl groups is 1. The third kappa shape index (κ3) is 3.97. The number of nitrogens with zero attached hydrogens (tertiary/aromatic N) is 4. The molecular weight excluding hydrogens is 434 g/mol. The quantitative estimate of drug-likeness (QED) is 0.413. The lowest BCUT2D eigenvalue weighted by atomic mass is 10.1. The third-order valence-corrected chi connectivity index (χ3v) is 5.03. The van der Waals surface area contributed by atoms with Gasteiger partial charge in [-0.05, 0) is 37.6 Å². The van der Waals surface area contributed by atoms with Crippen LogP contribution in [0.25, 0.3) is 10.9 Å². The van der Waals surface area contributed by atoms with Crippen LogP contribution in [-0.4, -0.2) is 19.6 Å². The van der Waals surface area contributed by atoms with E-state index in [9.17, 15) is 9.90 Å². The number of azo groups is 1. The van der Waals surface area contributed by atoms with Crippen molar-refractivity contribution < 1.29 is 5.11 Å². The maximum Gasteiger partial charge on any atom is 0.252 e. The molecule has 2 heterocycles. The minimum atomic E-state index is -0.305. The predicted octanol–water partition coefficient (Wildman–Crippen LogP) is 5.27. The summed E-state index contributed by atoms with van der Waals surface area (Å²) in [6.07, 6.45) is 0. The molecule has 8 heteroatoms. The van der Waals surface area contributed by atoms with Gasteiger partial charge >= 0.3 is 0 Å². The van der Waals surface area contributed by atoms with Gasteiger partial charge in [0, 0.05) is 21.6 Å². The lowest BCUT2D eigenvalue weighted by Gasteiger charge is -2.07. The summed E-state index contributed by atoms with van der Waals surface area (Å²) in [5.74, 6) is 0.0845. The Labute approximate surface area is 174 Å². The van der Waals surface area contributed by atoms with Crippen LogP contribution in [-0.2, 0) is 6.54 Å². The molecule has 0 radical (unpaired) electrons. The Balaban J connectivity index is 1.82. The topological polar surface area (TPSA) is 95.6 Å². The Morgan fingerprint density at radius 1 is 1.10 bits per heavy atom. The minimum absolute atomic E-state index is 0.00238. The third-order valence-electron chi connectivity index (χ3n) is 4.54. The Hall–Kier alpha value is -3.26. The first-order valence-electron chi connectivity index (χ1n) is 8.96. The molecule has 0 atom stereocenters. The zero-order chi connectivity index (χ0) is 20.5. The molecule has 0 saturated carbocycles. The fourth-order valence-corrected chi connectivity index (χ4v) is 3.50. The monoisotopic (exact) mass is 451 g/mol. The first-order valence-corrected chi connectivity index (χ1v) is 9.76. The molecule has 0 spiro atoms. The summed E-state index contributed by atoms with van der Waals surface area (Å²) >= 11 is 3.47. The van der Waals surface area contributed by atoms with E-state index in [0.717, 1.165) is 20.9 Å². The van der Waals surface area contributed by atoms with Crippen molar-refractivity contribution in [2.24, 2.45) is 10.2 Å². The van der Waals surface area contributed by atoms with Gasteiger partial charge in [-0.1, -0.05) is 45.8 Å². The molecule has 0 saturated heterocycles. The number of hydrogen-bond acceptors (Lipinski definition) is 5. The molecular formula is C21H18BrN5O2. The summed E-state index contributed by atoms with van der Waals surface area (Å²) in [6.45, 7) is 4.22. The summed E-state index contributed by atoms with van der Waals surface area (Å²) in [6, 6.07) is 15.2. The zero-order valence-corrected chi connectivity index (χ0v) is 17.4. The molecule has 2 aromatic heterocycles. The number of aromatic amines is 1. The lowest BCUT2D eigenvalue weighted by Crippen LogP contribution is -2.05. The second-order valence-electron chi connectivity index (χ2n) is 6.82. The van der Waals surface area contributed by atoms with Gasteiger partial charge in [0.1, 0.15) is 0 Å². The highest BCUT2D eigenvalue weighted by Crippen LogP contribution is 2.40. The van der Waals surface area contributed by atoms with Crippen LogP contribution in [0.4, 0.5) is 11.6 Å². The first kappa shape index (κ1) is 19.1. The van der Waals surface area contributed by atoms with E-state index in [4.69, 9.17) is 0 Å². The number of H-pyrrole nitrogens is 1. The van der Waals surface area contributed by atoms with Crippen molar-refractivity contribution in [2.45, 2.75) is 20.4 Å². The van der Waals surface area contributed by atoms with Gasteiger partial charge in [-0.3, -0.25) is 9.78 Å². The van der Waals surface area contributed by atoms with E-state index in [1.165, 1.54) is 11.6 Å². The number of hydrogen-bond donors (Lipinski definition) is 2. The van der Waals surface area contributed by atoms with Crippen molar-refractivity contribution in [1.82, 2.24) is 14.5 Å². The molecule has 0 aliphatic rings. The fourth-order valence-electron chi connectivity index (χ4n) is 3.14. The van der Waals surface area contributed by atoms with Gasteiger partial charge in [0.2, 0.25) is 11.8 Å². The van der Waals surface area contributed by atoms with Crippen molar-refractivity contribution in [1.29, 1.82) is 0 Å². The van der Waals surface area contributed by atoms with Gasteiger partial charge in [-0.15, -0.1) is 10.2 Å². The molecule has 4 aromatic rings. The van der Waals surface area contributed by atoms with E-state index in [1.807, 2.05) is 49.4 Å². The first-order chi connectivity index (χ1) is 13.9. The number of nitrogens with one attached hydrogen (secondary N) is 1. The van der Waals surface area contributed by atoms with Gasteiger partial charge < -0.3 is 9.67 Å². The highest BCUT2D eigenvalue weighted by atomic mass is 79.9. The Kier molecular flexibility index (Phi) is 5.02. The molecule has 7 nitrogen and oxygen atoms in total. The van der Waals surface area contributed by atoms with Gasteiger partial charge in [0.15, 0.2) is 5.69 Å². The molecule has 0 amide bonds. The SMILES string of the molecule is Cc1ccc(Cn2c(O)c(N=Nc3nc(C)cc(=O)[nH]3)c3cc(Br)ccc32)cc1. The van der Waals surface area contributed by atoms with Crippen LogP contribution in [0.2, 0.25) is 0 Å². The Bertz CT molecular complexity index is 1290. The maximum absolute atomic E-state index is 11.6. The van der Waals surface area contributed by atoms with Crippen molar-refractivity contribution in [3.8, 4) is 5.88 Å². The molecule has 146 valence electrons. The Morgan fingerprint density at radius 2 is 1.86 bits per heavy atom. The summed E-state index contributed by atoms with van der Waals surface area (Å²) in [4.78, 5) is 18.3. The molecule has 0 aliphatic heterocycles. The van der Waals surface area contributed by atoms with Crippen molar-refractivity contribution in [2.75, 3.05) is 0 Å². The number of rotatable bonds is 4. The van der Waals surface area contributed by atoms with Gasteiger partial charge in [-0.25, -0.2) is 4.98 Å².